The maximum Gasteiger partial charge on any atom is 0.183 e. The lowest BCUT2D eigenvalue weighted by atomic mass is 9.97. The first kappa shape index (κ1) is 12.7. The number of nitrogens with two attached hydrogens (primary N) is 1. The number of aromatic nitrogens is 4. The number of nitrogen functional groups attached to an aromatic ring is 1. The fourth-order valence-electron chi connectivity index (χ4n) is 2.91. The third kappa shape index (κ3) is 2.00. The Morgan fingerprint density at radius 1 is 1.29 bits per heavy atom. The van der Waals surface area contributed by atoms with Gasteiger partial charge in [-0.3, -0.25) is 4.68 Å². The summed E-state index contributed by atoms with van der Waals surface area (Å²) in [6.07, 6.45) is 6.60. The average molecular weight is 300 g/mol. The first-order valence-electron chi connectivity index (χ1n) is 7.05. The van der Waals surface area contributed by atoms with E-state index >= 15 is 0 Å². The van der Waals surface area contributed by atoms with Gasteiger partial charge in [0, 0.05) is 18.1 Å². The van der Waals surface area contributed by atoms with E-state index < -0.39 is 0 Å². The Balaban J connectivity index is 1.96. The van der Waals surface area contributed by atoms with Crippen LogP contribution in [0, 0.1) is 0 Å². The van der Waals surface area contributed by atoms with Crippen molar-refractivity contribution in [3.8, 4) is 11.5 Å². The van der Waals surface area contributed by atoms with E-state index in [1.807, 2.05) is 19.3 Å². The van der Waals surface area contributed by atoms with E-state index in [1.165, 1.54) is 23.3 Å². The van der Waals surface area contributed by atoms with Crippen LogP contribution in [0.15, 0.2) is 12.3 Å². The molecule has 0 amide bonds. The minimum absolute atomic E-state index is 0.620. The van der Waals surface area contributed by atoms with E-state index in [4.69, 9.17) is 10.8 Å². The summed E-state index contributed by atoms with van der Waals surface area (Å²) in [5.74, 6) is 7.03. The molecule has 7 heteroatoms. The van der Waals surface area contributed by atoms with Crippen LogP contribution < -0.4 is 11.3 Å². The van der Waals surface area contributed by atoms with Crippen LogP contribution in [0.3, 0.4) is 0 Å². The summed E-state index contributed by atoms with van der Waals surface area (Å²) in [6, 6.07) is 1.91. The lowest BCUT2D eigenvalue weighted by Gasteiger charge is -2.11. The summed E-state index contributed by atoms with van der Waals surface area (Å²) in [5, 5.41) is 5.47. The summed E-state index contributed by atoms with van der Waals surface area (Å²) < 4.78 is 1.75. The highest BCUT2D eigenvalue weighted by Crippen LogP contribution is 2.39. The van der Waals surface area contributed by atoms with Gasteiger partial charge in [0.2, 0.25) is 0 Å². The molecule has 3 aromatic rings. The molecule has 0 saturated carbocycles. The number of hydrogen-bond acceptors (Lipinski definition) is 6. The van der Waals surface area contributed by atoms with E-state index in [9.17, 15) is 0 Å². The Morgan fingerprint density at radius 3 is 2.90 bits per heavy atom. The maximum atomic E-state index is 5.70. The van der Waals surface area contributed by atoms with Gasteiger partial charge in [-0.2, -0.15) is 5.10 Å². The van der Waals surface area contributed by atoms with Crippen molar-refractivity contribution in [3.63, 3.8) is 0 Å². The van der Waals surface area contributed by atoms with Crippen molar-refractivity contribution in [2.75, 3.05) is 5.43 Å². The molecule has 0 aromatic carbocycles. The molecule has 0 saturated heterocycles. The number of hydrazine groups is 1. The van der Waals surface area contributed by atoms with Gasteiger partial charge in [0.25, 0.3) is 0 Å². The molecule has 1 aliphatic rings. The lowest BCUT2D eigenvalue weighted by Crippen LogP contribution is -2.11. The molecule has 0 atom stereocenters. The maximum absolute atomic E-state index is 5.70. The van der Waals surface area contributed by atoms with Crippen LogP contribution in [0.1, 0.15) is 23.3 Å². The van der Waals surface area contributed by atoms with Crippen LogP contribution >= 0.6 is 11.3 Å². The lowest BCUT2D eigenvalue weighted by molar-refractivity contribution is 0.700. The predicted molar refractivity (Wildman–Crippen MR) is 84.1 cm³/mol. The number of rotatable bonds is 2. The molecule has 3 heterocycles. The Hall–Kier alpha value is -1.99. The minimum Gasteiger partial charge on any atom is -0.308 e. The Kier molecular flexibility index (Phi) is 2.90. The molecule has 0 fully saturated rings. The van der Waals surface area contributed by atoms with Crippen LogP contribution in [0.4, 0.5) is 5.82 Å². The number of fused-ring (bicyclic) bond motifs is 3. The quantitative estimate of drug-likeness (QED) is 0.560. The van der Waals surface area contributed by atoms with E-state index in [0.717, 1.165) is 28.8 Å². The van der Waals surface area contributed by atoms with Gasteiger partial charge in [-0.05, 0) is 37.3 Å². The molecular formula is C14H16N6S. The Labute approximate surface area is 126 Å². The second-order valence-electron chi connectivity index (χ2n) is 5.31. The van der Waals surface area contributed by atoms with Crippen LogP contribution in [0.5, 0.6) is 0 Å². The molecule has 1 aliphatic carbocycles. The van der Waals surface area contributed by atoms with Crippen molar-refractivity contribution in [1.29, 1.82) is 0 Å². The average Bonchev–Trinajstić information content (AvgIpc) is 3.09. The normalized spacial score (nSPS) is 14.4. The molecule has 3 aromatic heterocycles. The van der Waals surface area contributed by atoms with E-state index in [-0.39, 0.29) is 0 Å². The fourth-order valence-corrected chi connectivity index (χ4v) is 4.17. The number of aryl methyl sites for hydroxylation is 3. The van der Waals surface area contributed by atoms with E-state index in [1.54, 1.807) is 16.0 Å². The van der Waals surface area contributed by atoms with Gasteiger partial charge in [-0.15, -0.1) is 11.3 Å². The number of nitrogens with zero attached hydrogens (tertiary/aromatic N) is 4. The zero-order chi connectivity index (χ0) is 14.4. The van der Waals surface area contributed by atoms with E-state index in [2.05, 4.69) is 15.5 Å². The van der Waals surface area contributed by atoms with Crippen molar-refractivity contribution < 1.29 is 0 Å². The van der Waals surface area contributed by atoms with E-state index in [0.29, 0.717) is 11.6 Å². The summed E-state index contributed by atoms with van der Waals surface area (Å²) in [4.78, 5) is 11.7. The molecule has 6 nitrogen and oxygen atoms in total. The molecule has 0 aliphatic heterocycles. The second-order valence-corrected chi connectivity index (χ2v) is 6.39. The van der Waals surface area contributed by atoms with Gasteiger partial charge < -0.3 is 5.43 Å². The molecule has 0 unspecified atom stereocenters. The number of nitrogens with one attached hydrogen (secondary N) is 1. The molecular weight excluding hydrogens is 284 g/mol. The van der Waals surface area contributed by atoms with Gasteiger partial charge in [0.15, 0.2) is 11.6 Å². The molecule has 0 bridgehead atoms. The van der Waals surface area contributed by atoms with Gasteiger partial charge in [-0.1, -0.05) is 0 Å². The topological polar surface area (TPSA) is 81.7 Å². The highest BCUT2D eigenvalue weighted by atomic mass is 32.1. The van der Waals surface area contributed by atoms with Crippen LogP contribution in [-0.4, -0.2) is 19.7 Å². The number of thiophene rings is 1. The third-order valence-corrected chi connectivity index (χ3v) is 5.08. The van der Waals surface area contributed by atoms with Gasteiger partial charge >= 0.3 is 0 Å². The minimum atomic E-state index is 0.620. The van der Waals surface area contributed by atoms with Crippen LogP contribution in [-0.2, 0) is 19.9 Å². The number of hydrogen-bond donors (Lipinski definition) is 2. The van der Waals surface area contributed by atoms with Crippen molar-refractivity contribution in [2.24, 2.45) is 12.9 Å². The summed E-state index contributed by atoms with van der Waals surface area (Å²) in [6.45, 7) is 0. The van der Waals surface area contributed by atoms with Gasteiger partial charge in [-0.25, -0.2) is 15.8 Å². The smallest absolute Gasteiger partial charge is 0.183 e. The third-order valence-electron chi connectivity index (χ3n) is 3.89. The van der Waals surface area contributed by atoms with Crippen LogP contribution in [0.25, 0.3) is 21.7 Å². The SMILES string of the molecule is Cn1ccc(-c2nc(NN)c3c4c(sc3n2)CCCC4)n1. The zero-order valence-electron chi connectivity index (χ0n) is 11.8. The first-order chi connectivity index (χ1) is 10.3. The fraction of sp³-hybridized carbons (Fsp3) is 0.357. The van der Waals surface area contributed by atoms with Crippen molar-refractivity contribution >= 4 is 27.4 Å². The molecule has 21 heavy (non-hydrogen) atoms. The standard InChI is InChI=1S/C14H16N6S/c1-20-7-6-9(19-20)12-16-13(18-15)11-8-4-2-3-5-10(8)21-14(11)17-12/h6-7H,2-5,15H2,1H3,(H,16,17,18). The molecule has 0 radical (unpaired) electrons. The second kappa shape index (κ2) is 4.78. The molecule has 4 rings (SSSR count). The summed E-state index contributed by atoms with van der Waals surface area (Å²) in [5.41, 5.74) is 4.89. The first-order valence-corrected chi connectivity index (χ1v) is 7.87. The van der Waals surface area contributed by atoms with Gasteiger partial charge in [0.1, 0.15) is 10.5 Å². The van der Waals surface area contributed by atoms with Gasteiger partial charge in [0.05, 0.1) is 5.39 Å². The number of anilines is 1. The Bertz CT molecular complexity index is 818. The zero-order valence-corrected chi connectivity index (χ0v) is 12.6. The molecule has 108 valence electrons. The summed E-state index contributed by atoms with van der Waals surface area (Å²) >= 11 is 1.76. The monoisotopic (exact) mass is 300 g/mol. The van der Waals surface area contributed by atoms with Crippen LogP contribution in [0.2, 0.25) is 0 Å². The highest BCUT2D eigenvalue weighted by Gasteiger charge is 2.21. The van der Waals surface area contributed by atoms with Crippen molar-refractivity contribution in [3.05, 3.63) is 22.7 Å². The highest BCUT2D eigenvalue weighted by molar-refractivity contribution is 7.19. The van der Waals surface area contributed by atoms with Crippen molar-refractivity contribution in [1.82, 2.24) is 19.7 Å². The predicted octanol–water partition coefficient (Wildman–Crippen LogP) is 2.26. The van der Waals surface area contributed by atoms with Crippen molar-refractivity contribution in [2.45, 2.75) is 25.7 Å². The molecule has 0 spiro atoms. The largest absolute Gasteiger partial charge is 0.308 e. The Morgan fingerprint density at radius 2 is 2.14 bits per heavy atom. The molecule has 3 N–H and O–H groups in total. The summed E-state index contributed by atoms with van der Waals surface area (Å²) in [7, 11) is 1.88.